The van der Waals surface area contributed by atoms with Gasteiger partial charge in [-0.2, -0.15) is 0 Å². The minimum Gasteiger partial charge on any atom is -0.504 e. The summed E-state index contributed by atoms with van der Waals surface area (Å²) >= 11 is 6.15. The standard InChI is InChI=1S/C14H13NO6S2/c16-8-4-7(5-9(17)12(8)20)6-10-13(21)15(14(22)23-10)3-1-2-11(18)19/h4-6,16-17,20H,1-3H2,(H,18,19). The van der Waals surface area contributed by atoms with Gasteiger partial charge in [-0.05, 0) is 30.2 Å². The number of carboxylic acids is 1. The number of aliphatic carboxylic acids is 1. The second-order valence-corrected chi connectivity index (χ2v) is 6.41. The quantitative estimate of drug-likeness (QED) is 0.359. The van der Waals surface area contributed by atoms with Gasteiger partial charge in [0.05, 0.1) is 4.91 Å². The van der Waals surface area contributed by atoms with Crippen LogP contribution in [0.1, 0.15) is 18.4 Å². The van der Waals surface area contributed by atoms with Gasteiger partial charge in [-0.25, -0.2) is 0 Å². The maximum atomic E-state index is 12.3. The van der Waals surface area contributed by atoms with Gasteiger partial charge in [0, 0.05) is 13.0 Å². The Balaban J connectivity index is 2.17. The van der Waals surface area contributed by atoms with Crippen LogP contribution in [0, 0.1) is 0 Å². The third-order valence-corrected chi connectivity index (χ3v) is 4.41. The van der Waals surface area contributed by atoms with E-state index in [0.717, 1.165) is 11.8 Å². The van der Waals surface area contributed by atoms with E-state index < -0.39 is 23.2 Å². The lowest BCUT2D eigenvalue weighted by molar-refractivity contribution is -0.137. The molecule has 1 aromatic rings. The van der Waals surface area contributed by atoms with Crippen LogP contribution in [0.25, 0.3) is 6.08 Å². The predicted octanol–water partition coefficient (Wildman–Crippen LogP) is 1.87. The van der Waals surface area contributed by atoms with E-state index in [2.05, 4.69) is 0 Å². The summed E-state index contributed by atoms with van der Waals surface area (Å²) in [6.45, 7) is 0.209. The van der Waals surface area contributed by atoms with E-state index in [0.29, 0.717) is 9.88 Å². The van der Waals surface area contributed by atoms with E-state index in [-0.39, 0.29) is 30.2 Å². The zero-order valence-corrected chi connectivity index (χ0v) is 13.4. The Morgan fingerprint density at radius 3 is 2.43 bits per heavy atom. The summed E-state index contributed by atoms with van der Waals surface area (Å²) in [7, 11) is 0. The van der Waals surface area contributed by atoms with Crippen molar-refractivity contribution in [2.75, 3.05) is 6.54 Å². The third-order valence-electron chi connectivity index (χ3n) is 3.04. The van der Waals surface area contributed by atoms with Crippen molar-refractivity contribution in [3.63, 3.8) is 0 Å². The van der Waals surface area contributed by atoms with E-state index in [9.17, 15) is 24.9 Å². The second kappa shape index (κ2) is 6.88. The van der Waals surface area contributed by atoms with Crippen molar-refractivity contribution >= 4 is 46.3 Å². The van der Waals surface area contributed by atoms with Gasteiger partial charge in [-0.1, -0.05) is 24.0 Å². The summed E-state index contributed by atoms with van der Waals surface area (Å²) in [5.41, 5.74) is 0.323. The molecule has 7 nitrogen and oxygen atoms in total. The number of rotatable bonds is 5. The first-order valence-corrected chi connectivity index (χ1v) is 7.74. The molecule has 0 aliphatic carbocycles. The normalized spacial score (nSPS) is 16.3. The van der Waals surface area contributed by atoms with Gasteiger partial charge in [0.2, 0.25) is 0 Å². The molecule has 0 bridgehead atoms. The molecule has 0 atom stereocenters. The molecule has 2 rings (SSSR count). The maximum Gasteiger partial charge on any atom is 0.303 e. The Morgan fingerprint density at radius 2 is 1.87 bits per heavy atom. The molecule has 0 spiro atoms. The molecule has 1 heterocycles. The largest absolute Gasteiger partial charge is 0.504 e. The summed E-state index contributed by atoms with van der Waals surface area (Å²) in [6, 6.07) is 2.40. The van der Waals surface area contributed by atoms with Gasteiger partial charge in [0.1, 0.15) is 4.32 Å². The molecule has 23 heavy (non-hydrogen) atoms. The Labute approximate surface area is 140 Å². The predicted molar refractivity (Wildman–Crippen MR) is 88.2 cm³/mol. The van der Waals surface area contributed by atoms with Crippen LogP contribution in [-0.2, 0) is 9.59 Å². The lowest BCUT2D eigenvalue weighted by atomic mass is 10.1. The fourth-order valence-electron chi connectivity index (χ4n) is 1.94. The number of thioether (sulfide) groups is 1. The van der Waals surface area contributed by atoms with Crippen LogP contribution in [0.15, 0.2) is 17.0 Å². The van der Waals surface area contributed by atoms with Crippen LogP contribution in [0.4, 0.5) is 0 Å². The first kappa shape index (κ1) is 17.1. The molecule has 1 amide bonds. The molecule has 1 fully saturated rings. The van der Waals surface area contributed by atoms with E-state index in [1.165, 1.54) is 23.1 Å². The van der Waals surface area contributed by atoms with Gasteiger partial charge in [0.15, 0.2) is 17.2 Å². The van der Waals surface area contributed by atoms with Crippen LogP contribution >= 0.6 is 24.0 Å². The summed E-state index contributed by atoms with van der Waals surface area (Å²) in [6.07, 6.45) is 1.65. The maximum absolute atomic E-state index is 12.3. The number of aromatic hydroxyl groups is 3. The molecule has 1 aliphatic heterocycles. The van der Waals surface area contributed by atoms with Crippen molar-refractivity contribution in [2.45, 2.75) is 12.8 Å². The highest BCUT2D eigenvalue weighted by atomic mass is 32.2. The van der Waals surface area contributed by atoms with Crippen LogP contribution in [0.2, 0.25) is 0 Å². The molecule has 0 radical (unpaired) electrons. The molecule has 1 aromatic carbocycles. The zero-order chi connectivity index (χ0) is 17.1. The average Bonchev–Trinajstić information content (AvgIpc) is 2.71. The lowest BCUT2D eigenvalue weighted by Gasteiger charge is -2.13. The van der Waals surface area contributed by atoms with Gasteiger partial charge in [0.25, 0.3) is 5.91 Å². The molecule has 0 aromatic heterocycles. The monoisotopic (exact) mass is 355 g/mol. The number of nitrogens with zero attached hydrogens (tertiary/aromatic N) is 1. The van der Waals surface area contributed by atoms with E-state index >= 15 is 0 Å². The van der Waals surface area contributed by atoms with Crippen molar-refractivity contribution in [3.8, 4) is 17.2 Å². The SMILES string of the molecule is O=C(O)CCCN1C(=O)C(=Cc2cc(O)c(O)c(O)c2)SC1=S. The molecule has 0 unspecified atom stereocenters. The van der Waals surface area contributed by atoms with Crippen molar-refractivity contribution in [3.05, 3.63) is 22.6 Å². The summed E-state index contributed by atoms with van der Waals surface area (Å²) in [5, 5.41) is 36.9. The molecule has 0 saturated carbocycles. The number of hydrogen-bond donors (Lipinski definition) is 4. The lowest BCUT2D eigenvalue weighted by Crippen LogP contribution is -2.29. The Bertz CT molecular complexity index is 692. The number of amides is 1. The highest BCUT2D eigenvalue weighted by Crippen LogP contribution is 2.38. The first-order valence-electron chi connectivity index (χ1n) is 6.51. The molecule has 122 valence electrons. The molecule has 9 heteroatoms. The minimum atomic E-state index is -0.943. The summed E-state index contributed by atoms with van der Waals surface area (Å²) < 4.78 is 0.318. The average molecular weight is 355 g/mol. The summed E-state index contributed by atoms with van der Waals surface area (Å²) in [4.78, 5) is 24.4. The zero-order valence-electron chi connectivity index (χ0n) is 11.7. The van der Waals surface area contributed by atoms with E-state index in [1.54, 1.807) is 0 Å². The number of thiocarbonyl (C=S) groups is 1. The van der Waals surface area contributed by atoms with Gasteiger partial charge >= 0.3 is 5.97 Å². The Morgan fingerprint density at radius 1 is 1.26 bits per heavy atom. The number of carbonyl (C=O) groups is 2. The Hall–Kier alpha value is -2.26. The second-order valence-electron chi connectivity index (χ2n) is 4.74. The fraction of sp³-hybridized carbons (Fsp3) is 0.214. The van der Waals surface area contributed by atoms with Crippen LogP contribution in [-0.4, -0.2) is 48.1 Å². The fourth-order valence-corrected chi connectivity index (χ4v) is 3.25. The number of phenols is 3. The van der Waals surface area contributed by atoms with E-state index in [1.807, 2.05) is 0 Å². The molecule has 1 aliphatic rings. The van der Waals surface area contributed by atoms with Crippen LogP contribution in [0.3, 0.4) is 0 Å². The van der Waals surface area contributed by atoms with Gasteiger partial charge in [-0.3, -0.25) is 14.5 Å². The number of carbonyl (C=O) groups excluding carboxylic acids is 1. The first-order chi connectivity index (χ1) is 10.8. The number of benzene rings is 1. The summed E-state index contributed by atoms with van der Waals surface area (Å²) in [5.74, 6) is -2.96. The molecule has 1 saturated heterocycles. The van der Waals surface area contributed by atoms with Crippen LogP contribution < -0.4 is 0 Å². The van der Waals surface area contributed by atoms with E-state index in [4.69, 9.17) is 17.3 Å². The number of hydrogen-bond acceptors (Lipinski definition) is 7. The number of carboxylic acid groups (broad SMARTS) is 1. The third kappa shape index (κ3) is 3.93. The highest BCUT2D eigenvalue weighted by Gasteiger charge is 2.31. The van der Waals surface area contributed by atoms with Gasteiger partial charge in [-0.15, -0.1) is 0 Å². The van der Waals surface area contributed by atoms with Crippen molar-refractivity contribution in [2.24, 2.45) is 0 Å². The molecule has 4 N–H and O–H groups in total. The van der Waals surface area contributed by atoms with Crippen LogP contribution in [0.5, 0.6) is 17.2 Å². The minimum absolute atomic E-state index is 0.0597. The van der Waals surface area contributed by atoms with Crippen molar-refractivity contribution in [1.29, 1.82) is 0 Å². The molecular formula is C14H13NO6S2. The smallest absolute Gasteiger partial charge is 0.303 e. The topological polar surface area (TPSA) is 118 Å². The van der Waals surface area contributed by atoms with Crippen molar-refractivity contribution in [1.82, 2.24) is 4.90 Å². The molecular weight excluding hydrogens is 342 g/mol. The van der Waals surface area contributed by atoms with Crippen molar-refractivity contribution < 1.29 is 30.0 Å². The van der Waals surface area contributed by atoms with Gasteiger partial charge < -0.3 is 20.4 Å². The highest BCUT2D eigenvalue weighted by molar-refractivity contribution is 8.26. The Kier molecular flexibility index (Phi) is 5.12. The number of phenolic OH excluding ortho intramolecular Hbond substituents is 3.